The molecule has 0 amide bonds. The number of hydrogen-bond acceptors (Lipinski definition) is 1. The monoisotopic (exact) mass is 389 g/mol. The molecule has 2 N–H and O–H groups in total. The van der Waals surface area contributed by atoms with Gasteiger partial charge < -0.3 is 10.2 Å². The first-order chi connectivity index (χ1) is 14.8. The molecule has 5 rings (SSSR count). The molecule has 0 fully saturated rings. The standard InChI is InChI=1S/C26H24BN3/c1-19-18-22(30-26(19)24(15-16-28)25-12-7-17-29(25)27-30)14-13-21-10-5-6-11-23(21)20-8-3-2-4-9-20/h2-14,17-18H,15-16,28H2,1H3/q+1/b14-13+. The van der Waals surface area contributed by atoms with Crippen molar-refractivity contribution in [2.75, 3.05) is 6.54 Å². The molecule has 145 valence electrons. The van der Waals surface area contributed by atoms with E-state index in [0.717, 1.165) is 6.42 Å². The van der Waals surface area contributed by atoms with E-state index in [9.17, 15) is 0 Å². The SMILES string of the molecule is Cc1cc(/C=C/c2ccccc2-c2ccccc2)n2c1C(CCN)=C1C=CC=[N+]1[B]2. The summed E-state index contributed by atoms with van der Waals surface area (Å²) in [6, 6.07) is 21.3. The van der Waals surface area contributed by atoms with E-state index in [4.69, 9.17) is 5.73 Å². The molecule has 2 aromatic carbocycles. The lowest BCUT2D eigenvalue weighted by atomic mass is 9.94. The Balaban J connectivity index is 1.56. The highest BCUT2D eigenvalue weighted by Crippen LogP contribution is 2.34. The lowest BCUT2D eigenvalue weighted by Gasteiger charge is -2.18. The Hall–Kier alpha value is -3.37. The molecular formula is C26H24BN3+. The highest BCUT2D eigenvalue weighted by molar-refractivity contribution is 6.28. The van der Waals surface area contributed by atoms with Crippen molar-refractivity contribution in [2.24, 2.45) is 5.73 Å². The largest absolute Gasteiger partial charge is 0.699 e. The van der Waals surface area contributed by atoms with Gasteiger partial charge in [0, 0.05) is 29.1 Å². The van der Waals surface area contributed by atoms with E-state index in [1.165, 1.54) is 44.9 Å². The first kappa shape index (κ1) is 18.7. The molecule has 0 bridgehead atoms. The smallest absolute Gasteiger partial charge is 0.330 e. The number of nitrogens with two attached hydrogens (primary N) is 1. The van der Waals surface area contributed by atoms with Crippen LogP contribution in [-0.2, 0) is 0 Å². The van der Waals surface area contributed by atoms with Crippen LogP contribution in [0.1, 0.15) is 28.9 Å². The van der Waals surface area contributed by atoms with Crippen molar-refractivity contribution in [3.63, 3.8) is 0 Å². The lowest BCUT2D eigenvalue weighted by molar-refractivity contribution is -0.307. The van der Waals surface area contributed by atoms with E-state index in [1.54, 1.807) is 0 Å². The summed E-state index contributed by atoms with van der Waals surface area (Å²) in [6.07, 6.45) is 11.7. The average Bonchev–Trinajstić information content (AvgIpc) is 3.38. The highest BCUT2D eigenvalue weighted by Gasteiger charge is 2.34. The second-order valence-electron chi connectivity index (χ2n) is 7.69. The Labute approximate surface area is 178 Å². The quantitative estimate of drug-likeness (QED) is 0.629. The Kier molecular flexibility index (Phi) is 4.85. The molecule has 0 atom stereocenters. The van der Waals surface area contributed by atoms with Gasteiger partial charge in [0.05, 0.1) is 0 Å². The Morgan fingerprint density at radius 2 is 1.83 bits per heavy atom. The molecule has 1 aromatic heterocycles. The molecule has 2 aliphatic rings. The van der Waals surface area contributed by atoms with E-state index in [0.29, 0.717) is 6.54 Å². The Bertz CT molecular complexity index is 1230. The summed E-state index contributed by atoms with van der Waals surface area (Å²) in [7, 11) is 2.17. The van der Waals surface area contributed by atoms with E-state index in [2.05, 4.69) is 115 Å². The van der Waals surface area contributed by atoms with Crippen molar-refractivity contribution in [3.05, 3.63) is 101 Å². The van der Waals surface area contributed by atoms with Crippen molar-refractivity contribution in [1.29, 1.82) is 0 Å². The fraction of sp³-hybridized carbons (Fsp3) is 0.115. The summed E-state index contributed by atoms with van der Waals surface area (Å²) in [5, 5.41) is 0. The summed E-state index contributed by atoms with van der Waals surface area (Å²) in [6.45, 7) is 2.82. The molecule has 4 heteroatoms. The number of fused-ring (bicyclic) bond motifs is 2. The molecule has 0 unspecified atom stereocenters. The fourth-order valence-electron chi connectivity index (χ4n) is 4.40. The first-order valence-corrected chi connectivity index (χ1v) is 10.4. The summed E-state index contributed by atoms with van der Waals surface area (Å²) in [5.74, 6) is 0. The minimum Gasteiger partial charge on any atom is -0.330 e. The van der Waals surface area contributed by atoms with Gasteiger partial charge in [0.25, 0.3) is 0 Å². The van der Waals surface area contributed by atoms with Crippen LogP contribution < -0.4 is 5.73 Å². The van der Waals surface area contributed by atoms with Crippen molar-refractivity contribution in [3.8, 4) is 11.1 Å². The van der Waals surface area contributed by atoms with E-state index < -0.39 is 0 Å². The number of benzene rings is 2. The zero-order valence-corrected chi connectivity index (χ0v) is 17.1. The van der Waals surface area contributed by atoms with Crippen LogP contribution in [-0.4, -0.2) is 29.3 Å². The van der Waals surface area contributed by atoms with E-state index >= 15 is 0 Å². The van der Waals surface area contributed by atoms with Gasteiger partial charge in [-0.1, -0.05) is 60.7 Å². The number of aryl methyl sites for hydroxylation is 1. The zero-order chi connectivity index (χ0) is 20.5. The number of allylic oxidation sites excluding steroid dienone is 2. The van der Waals surface area contributed by atoms with Gasteiger partial charge in [0.2, 0.25) is 0 Å². The highest BCUT2D eigenvalue weighted by atomic mass is 15.1. The summed E-state index contributed by atoms with van der Waals surface area (Å²) in [4.78, 5) is 0. The first-order valence-electron chi connectivity index (χ1n) is 10.4. The summed E-state index contributed by atoms with van der Waals surface area (Å²) in [5.41, 5.74) is 15.9. The van der Waals surface area contributed by atoms with Gasteiger partial charge in [0.15, 0.2) is 5.70 Å². The third-order valence-electron chi connectivity index (χ3n) is 5.74. The molecule has 1 radical (unpaired) electrons. The van der Waals surface area contributed by atoms with Crippen LogP contribution in [0.2, 0.25) is 0 Å². The van der Waals surface area contributed by atoms with Gasteiger partial charge in [-0.3, -0.25) is 4.49 Å². The van der Waals surface area contributed by atoms with Crippen LogP contribution in [0.15, 0.2) is 78.5 Å². The third kappa shape index (κ3) is 3.19. The lowest BCUT2D eigenvalue weighted by Crippen LogP contribution is -2.30. The van der Waals surface area contributed by atoms with Gasteiger partial charge >= 0.3 is 7.55 Å². The van der Waals surface area contributed by atoms with Gasteiger partial charge in [-0.05, 0) is 54.3 Å². The maximum absolute atomic E-state index is 5.94. The van der Waals surface area contributed by atoms with Gasteiger partial charge in [-0.2, -0.15) is 0 Å². The van der Waals surface area contributed by atoms with Crippen molar-refractivity contribution < 1.29 is 4.49 Å². The van der Waals surface area contributed by atoms with Gasteiger partial charge in [-0.25, -0.2) is 0 Å². The zero-order valence-electron chi connectivity index (χ0n) is 17.1. The predicted molar refractivity (Wildman–Crippen MR) is 127 cm³/mol. The molecule has 0 aliphatic carbocycles. The molecule has 3 aromatic rings. The van der Waals surface area contributed by atoms with Crippen LogP contribution in [0.25, 0.3) is 28.9 Å². The maximum Gasteiger partial charge on any atom is 0.699 e. The van der Waals surface area contributed by atoms with Crippen molar-refractivity contribution in [2.45, 2.75) is 13.3 Å². The van der Waals surface area contributed by atoms with Crippen LogP contribution in [0, 0.1) is 6.92 Å². The molecule has 2 aliphatic heterocycles. The molecule has 0 spiro atoms. The number of rotatable bonds is 5. The van der Waals surface area contributed by atoms with Crippen LogP contribution in [0.5, 0.6) is 0 Å². The van der Waals surface area contributed by atoms with Gasteiger partial charge in [0.1, 0.15) is 6.21 Å². The van der Waals surface area contributed by atoms with E-state index in [-0.39, 0.29) is 0 Å². The van der Waals surface area contributed by atoms with Crippen LogP contribution >= 0.6 is 0 Å². The minimum absolute atomic E-state index is 0.640. The molecular weight excluding hydrogens is 365 g/mol. The molecule has 3 nitrogen and oxygen atoms in total. The summed E-state index contributed by atoms with van der Waals surface area (Å²) < 4.78 is 4.47. The normalized spacial score (nSPS) is 14.7. The molecule has 0 saturated heterocycles. The second-order valence-corrected chi connectivity index (χ2v) is 7.69. The van der Waals surface area contributed by atoms with Crippen molar-refractivity contribution in [1.82, 2.24) is 4.48 Å². The average molecular weight is 389 g/mol. The topological polar surface area (TPSA) is 34.0 Å². The third-order valence-corrected chi connectivity index (χ3v) is 5.74. The second kappa shape index (κ2) is 7.81. The van der Waals surface area contributed by atoms with Gasteiger partial charge in [-0.15, -0.1) is 0 Å². The van der Waals surface area contributed by atoms with Crippen LogP contribution in [0.4, 0.5) is 0 Å². The minimum atomic E-state index is 0.640. The Morgan fingerprint density at radius 1 is 1.03 bits per heavy atom. The molecule has 3 heterocycles. The number of hydrogen-bond donors (Lipinski definition) is 1. The predicted octanol–water partition coefficient (Wildman–Crippen LogP) is 4.74. The van der Waals surface area contributed by atoms with E-state index in [1.807, 2.05) is 0 Å². The van der Waals surface area contributed by atoms with Crippen LogP contribution in [0.3, 0.4) is 0 Å². The molecule has 30 heavy (non-hydrogen) atoms. The number of aromatic nitrogens is 1. The van der Waals surface area contributed by atoms with Crippen molar-refractivity contribution >= 4 is 31.5 Å². The maximum atomic E-state index is 5.94. The summed E-state index contributed by atoms with van der Waals surface area (Å²) >= 11 is 0. The number of nitrogens with zero attached hydrogens (tertiary/aromatic N) is 2. The Morgan fingerprint density at radius 3 is 2.67 bits per heavy atom. The molecule has 0 saturated carbocycles. The fourth-order valence-corrected chi connectivity index (χ4v) is 4.40.